The standard InChI is InChI=1S/C20H27N3O3/c1-19(2,3)18-14(11-21-22-18)12-23-8-6-20(24,7-9-23)15-4-5-16-17(10-15)26-13-25-16/h4-5,10-11,24H,6-9,12-13H2,1-3H3,(H,21,22). The van der Waals surface area contributed by atoms with Gasteiger partial charge in [-0.15, -0.1) is 0 Å². The Morgan fingerprint density at radius 1 is 1.19 bits per heavy atom. The lowest BCUT2D eigenvalue weighted by molar-refractivity contribution is -0.0279. The highest BCUT2D eigenvalue weighted by Gasteiger charge is 2.35. The van der Waals surface area contributed by atoms with Crippen molar-refractivity contribution in [3.63, 3.8) is 0 Å². The van der Waals surface area contributed by atoms with Crippen LogP contribution in [0.15, 0.2) is 24.4 Å². The molecule has 26 heavy (non-hydrogen) atoms. The van der Waals surface area contributed by atoms with E-state index < -0.39 is 5.60 Å². The lowest BCUT2D eigenvalue weighted by Gasteiger charge is -2.38. The molecule has 0 amide bonds. The monoisotopic (exact) mass is 357 g/mol. The van der Waals surface area contributed by atoms with Crippen LogP contribution in [-0.4, -0.2) is 40.1 Å². The topological polar surface area (TPSA) is 70.6 Å². The minimum atomic E-state index is -0.805. The number of nitrogens with one attached hydrogen (secondary N) is 1. The lowest BCUT2D eigenvalue weighted by Crippen LogP contribution is -2.42. The number of piperidine rings is 1. The Kier molecular flexibility index (Phi) is 4.20. The van der Waals surface area contributed by atoms with E-state index in [0.29, 0.717) is 12.8 Å². The predicted molar refractivity (Wildman–Crippen MR) is 98.3 cm³/mol. The molecule has 0 radical (unpaired) electrons. The molecule has 0 saturated carbocycles. The molecular weight excluding hydrogens is 330 g/mol. The number of benzene rings is 1. The smallest absolute Gasteiger partial charge is 0.231 e. The van der Waals surface area contributed by atoms with Gasteiger partial charge >= 0.3 is 0 Å². The molecule has 6 heteroatoms. The van der Waals surface area contributed by atoms with Gasteiger partial charge in [0.15, 0.2) is 11.5 Å². The maximum absolute atomic E-state index is 11.2. The van der Waals surface area contributed by atoms with Crippen molar-refractivity contribution in [2.45, 2.75) is 51.2 Å². The highest BCUT2D eigenvalue weighted by molar-refractivity contribution is 5.46. The highest BCUT2D eigenvalue weighted by atomic mass is 16.7. The summed E-state index contributed by atoms with van der Waals surface area (Å²) in [5.74, 6) is 1.48. The van der Waals surface area contributed by atoms with Crippen LogP contribution in [-0.2, 0) is 17.6 Å². The van der Waals surface area contributed by atoms with Gasteiger partial charge in [-0.25, -0.2) is 0 Å². The molecule has 0 aliphatic carbocycles. The van der Waals surface area contributed by atoms with Crippen LogP contribution in [0.5, 0.6) is 11.5 Å². The van der Waals surface area contributed by atoms with E-state index in [1.165, 1.54) is 11.3 Å². The second-order valence-corrected chi connectivity index (χ2v) is 8.40. The summed E-state index contributed by atoms with van der Waals surface area (Å²) < 4.78 is 10.8. The maximum atomic E-state index is 11.2. The number of H-pyrrole nitrogens is 1. The van der Waals surface area contributed by atoms with Gasteiger partial charge in [0.1, 0.15) is 0 Å². The van der Waals surface area contributed by atoms with E-state index in [2.05, 4.69) is 35.9 Å². The van der Waals surface area contributed by atoms with Crippen molar-refractivity contribution < 1.29 is 14.6 Å². The zero-order valence-corrected chi connectivity index (χ0v) is 15.7. The summed E-state index contributed by atoms with van der Waals surface area (Å²) in [5.41, 5.74) is 2.59. The molecule has 6 nitrogen and oxygen atoms in total. The molecule has 0 spiro atoms. The van der Waals surface area contributed by atoms with Crippen LogP contribution in [0.2, 0.25) is 0 Å². The Morgan fingerprint density at radius 2 is 1.92 bits per heavy atom. The number of aromatic amines is 1. The molecule has 3 heterocycles. The van der Waals surface area contributed by atoms with Crippen LogP contribution in [0.25, 0.3) is 0 Å². The first-order chi connectivity index (χ1) is 12.4. The fraction of sp³-hybridized carbons (Fsp3) is 0.550. The van der Waals surface area contributed by atoms with Crippen molar-refractivity contribution in [1.82, 2.24) is 15.1 Å². The Morgan fingerprint density at radius 3 is 2.65 bits per heavy atom. The molecule has 2 aliphatic rings. The van der Waals surface area contributed by atoms with E-state index in [9.17, 15) is 5.11 Å². The van der Waals surface area contributed by atoms with Gasteiger partial charge in [0.2, 0.25) is 6.79 Å². The molecule has 1 fully saturated rings. The number of hydrogen-bond acceptors (Lipinski definition) is 5. The third-order valence-electron chi connectivity index (χ3n) is 5.45. The number of ether oxygens (including phenoxy) is 2. The third-order valence-corrected chi connectivity index (χ3v) is 5.45. The first-order valence-electron chi connectivity index (χ1n) is 9.23. The van der Waals surface area contributed by atoms with Crippen LogP contribution in [0.1, 0.15) is 50.4 Å². The van der Waals surface area contributed by atoms with Crippen LogP contribution >= 0.6 is 0 Å². The van der Waals surface area contributed by atoms with Gasteiger partial charge < -0.3 is 14.6 Å². The summed E-state index contributed by atoms with van der Waals surface area (Å²) >= 11 is 0. The van der Waals surface area contributed by atoms with Gasteiger partial charge in [-0.3, -0.25) is 10.00 Å². The first kappa shape index (κ1) is 17.4. The normalized spacial score (nSPS) is 19.7. The van der Waals surface area contributed by atoms with Gasteiger partial charge in [-0.2, -0.15) is 5.10 Å². The summed E-state index contributed by atoms with van der Waals surface area (Å²) in [6.45, 7) is 9.39. The molecule has 1 aromatic carbocycles. The molecule has 140 valence electrons. The van der Waals surface area contributed by atoms with Gasteiger partial charge in [-0.1, -0.05) is 26.8 Å². The molecule has 1 saturated heterocycles. The highest BCUT2D eigenvalue weighted by Crippen LogP contribution is 2.40. The van der Waals surface area contributed by atoms with Crippen LogP contribution < -0.4 is 9.47 Å². The summed E-state index contributed by atoms with van der Waals surface area (Å²) in [4.78, 5) is 2.39. The summed E-state index contributed by atoms with van der Waals surface area (Å²) in [6, 6.07) is 5.77. The molecule has 2 aromatic rings. The van der Waals surface area contributed by atoms with Crippen molar-refractivity contribution in [1.29, 1.82) is 0 Å². The van der Waals surface area contributed by atoms with Gasteiger partial charge in [0.25, 0.3) is 0 Å². The number of aromatic nitrogens is 2. The van der Waals surface area contributed by atoms with E-state index in [1.54, 1.807) is 0 Å². The quantitative estimate of drug-likeness (QED) is 0.884. The number of hydrogen-bond donors (Lipinski definition) is 2. The second-order valence-electron chi connectivity index (χ2n) is 8.40. The number of aliphatic hydroxyl groups is 1. The Labute approximate surface area is 154 Å². The number of nitrogens with zero attached hydrogens (tertiary/aromatic N) is 2. The average Bonchev–Trinajstić information content (AvgIpc) is 3.25. The first-order valence-corrected chi connectivity index (χ1v) is 9.23. The lowest BCUT2D eigenvalue weighted by atomic mass is 9.84. The summed E-state index contributed by atoms with van der Waals surface area (Å²) in [6.07, 6.45) is 3.34. The molecule has 0 bridgehead atoms. The summed E-state index contributed by atoms with van der Waals surface area (Å²) in [5, 5.41) is 18.5. The Balaban J connectivity index is 1.43. The van der Waals surface area contributed by atoms with Crippen LogP contribution in [0, 0.1) is 0 Å². The van der Waals surface area contributed by atoms with Crippen molar-refractivity contribution in [3.05, 3.63) is 41.2 Å². The zero-order chi connectivity index (χ0) is 18.4. The number of fused-ring (bicyclic) bond motifs is 1. The van der Waals surface area contributed by atoms with Gasteiger partial charge in [0.05, 0.1) is 11.8 Å². The van der Waals surface area contributed by atoms with E-state index in [0.717, 1.165) is 36.7 Å². The fourth-order valence-corrected chi connectivity index (χ4v) is 3.88. The largest absolute Gasteiger partial charge is 0.454 e. The van der Waals surface area contributed by atoms with Crippen LogP contribution in [0.3, 0.4) is 0 Å². The van der Waals surface area contributed by atoms with Crippen molar-refractivity contribution in [2.24, 2.45) is 0 Å². The number of rotatable bonds is 3. The van der Waals surface area contributed by atoms with Crippen molar-refractivity contribution in [2.75, 3.05) is 19.9 Å². The average molecular weight is 357 g/mol. The minimum Gasteiger partial charge on any atom is -0.454 e. The second kappa shape index (κ2) is 6.28. The maximum Gasteiger partial charge on any atom is 0.231 e. The molecule has 2 aliphatic heterocycles. The molecular formula is C20H27N3O3. The van der Waals surface area contributed by atoms with E-state index in [4.69, 9.17) is 9.47 Å². The zero-order valence-electron chi connectivity index (χ0n) is 15.7. The van der Waals surface area contributed by atoms with Gasteiger partial charge in [-0.05, 0) is 30.5 Å². The molecule has 2 N–H and O–H groups in total. The van der Waals surface area contributed by atoms with Gasteiger partial charge in [0, 0.05) is 36.3 Å². The number of likely N-dealkylation sites (tertiary alicyclic amines) is 1. The molecule has 1 aromatic heterocycles. The van der Waals surface area contributed by atoms with Crippen LogP contribution in [0.4, 0.5) is 0 Å². The SMILES string of the molecule is CC(C)(C)c1[nH]ncc1CN1CCC(O)(c2ccc3c(c2)OCO3)CC1. The Hall–Kier alpha value is -2.05. The molecule has 4 rings (SSSR count). The van der Waals surface area contributed by atoms with Crippen molar-refractivity contribution >= 4 is 0 Å². The fourth-order valence-electron chi connectivity index (χ4n) is 3.88. The van der Waals surface area contributed by atoms with E-state index >= 15 is 0 Å². The molecule has 0 atom stereocenters. The van der Waals surface area contributed by atoms with E-state index in [-0.39, 0.29) is 12.2 Å². The van der Waals surface area contributed by atoms with E-state index in [1.807, 2.05) is 24.4 Å². The minimum absolute atomic E-state index is 0.0504. The third kappa shape index (κ3) is 3.19. The predicted octanol–water partition coefficient (Wildman–Crippen LogP) is 2.92. The van der Waals surface area contributed by atoms with Crippen molar-refractivity contribution in [3.8, 4) is 11.5 Å². The molecule has 0 unspecified atom stereocenters. The Bertz CT molecular complexity index is 786. The summed E-state index contributed by atoms with van der Waals surface area (Å²) in [7, 11) is 0.